The zero-order chi connectivity index (χ0) is 10.6. The predicted octanol–water partition coefficient (Wildman–Crippen LogP) is 1.19. The third-order valence-corrected chi connectivity index (χ3v) is 1.79. The monoisotopic (exact) mass is 196 g/mol. The lowest BCUT2D eigenvalue weighted by Gasteiger charge is -1.99. The van der Waals surface area contributed by atoms with Crippen molar-refractivity contribution in [2.75, 3.05) is 6.61 Å². The van der Waals surface area contributed by atoms with Gasteiger partial charge >= 0.3 is 6.09 Å². The van der Waals surface area contributed by atoms with Crippen LogP contribution in [-0.2, 0) is 9.53 Å². The van der Waals surface area contributed by atoms with Gasteiger partial charge in [0.1, 0.15) is 6.29 Å². The third-order valence-electron chi connectivity index (χ3n) is 1.79. The lowest BCUT2D eigenvalue weighted by atomic mass is 10.1. The van der Waals surface area contributed by atoms with E-state index in [9.17, 15) is 9.59 Å². The molecule has 1 heterocycles. The van der Waals surface area contributed by atoms with Crippen LogP contribution < -0.4 is 0 Å². The number of rotatable bonds is 3. The fraction of sp³-hybridized carbons (Fsp3) is 0.444. The van der Waals surface area contributed by atoms with Crippen LogP contribution in [0, 0.1) is 0 Å². The molecule has 14 heavy (non-hydrogen) atoms. The molecule has 0 aliphatic carbocycles. The molecule has 0 aliphatic heterocycles. The van der Waals surface area contributed by atoms with Crippen molar-refractivity contribution in [3.8, 4) is 0 Å². The summed E-state index contributed by atoms with van der Waals surface area (Å²) in [6.45, 7) is 3.76. The largest absolute Gasteiger partial charge is 0.448 e. The van der Waals surface area contributed by atoms with E-state index in [1.807, 2.05) is 0 Å². The molecule has 1 aromatic heterocycles. The van der Waals surface area contributed by atoms with Crippen LogP contribution in [-0.4, -0.2) is 28.8 Å². The number of carbonyl (C=O) groups excluding carboxylic acids is 2. The first kappa shape index (κ1) is 10.4. The van der Waals surface area contributed by atoms with Crippen molar-refractivity contribution in [3.05, 3.63) is 18.0 Å². The van der Waals surface area contributed by atoms with Crippen LogP contribution in [0.25, 0.3) is 0 Å². The Kier molecular flexibility index (Phi) is 3.39. The van der Waals surface area contributed by atoms with Crippen LogP contribution >= 0.6 is 0 Å². The van der Waals surface area contributed by atoms with Crippen molar-refractivity contribution in [1.29, 1.82) is 0 Å². The molecule has 0 spiro atoms. The Morgan fingerprint density at radius 2 is 2.50 bits per heavy atom. The maximum absolute atomic E-state index is 11.2. The topological polar surface area (TPSA) is 61.2 Å². The Bertz CT molecular complexity index is 333. The van der Waals surface area contributed by atoms with Gasteiger partial charge in [0.25, 0.3) is 0 Å². The normalized spacial score (nSPS) is 12.1. The summed E-state index contributed by atoms with van der Waals surface area (Å²) in [7, 11) is 0. The van der Waals surface area contributed by atoms with Gasteiger partial charge in [-0.25, -0.2) is 4.79 Å². The molecule has 0 fully saturated rings. The lowest BCUT2D eigenvalue weighted by Crippen LogP contribution is -2.13. The fourth-order valence-corrected chi connectivity index (χ4v) is 0.940. The fourth-order valence-electron chi connectivity index (χ4n) is 0.940. The SMILES string of the molecule is CCOC(=O)n1cc(C(C)C=O)cn1. The van der Waals surface area contributed by atoms with Crippen LogP contribution in [0.4, 0.5) is 4.79 Å². The summed E-state index contributed by atoms with van der Waals surface area (Å²) in [5.41, 5.74) is 0.702. The van der Waals surface area contributed by atoms with Gasteiger partial charge in [0.05, 0.1) is 12.8 Å². The average molecular weight is 196 g/mol. The van der Waals surface area contributed by atoms with E-state index in [0.29, 0.717) is 12.2 Å². The maximum Gasteiger partial charge on any atom is 0.434 e. The first-order chi connectivity index (χ1) is 6.69. The van der Waals surface area contributed by atoms with Crippen LogP contribution in [0.2, 0.25) is 0 Å². The molecule has 0 aliphatic rings. The van der Waals surface area contributed by atoms with E-state index >= 15 is 0 Å². The van der Waals surface area contributed by atoms with E-state index < -0.39 is 6.09 Å². The highest BCUT2D eigenvalue weighted by Crippen LogP contribution is 2.10. The standard InChI is InChI=1S/C9H12N2O3/c1-3-14-9(13)11-5-8(4-10-11)7(2)6-12/h4-7H,3H2,1-2H3. The molecule has 1 rings (SSSR count). The number of carbonyl (C=O) groups is 2. The van der Waals surface area contributed by atoms with Crippen LogP contribution in [0.5, 0.6) is 0 Å². The minimum absolute atomic E-state index is 0.252. The Morgan fingerprint density at radius 3 is 3.07 bits per heavy atom. The molecule has 0 aromatic carbocycles. The number of ether oxygens (including phenoxy) is 1. The quantitative estimate of drug-likeness (QED) is 0.681. The highest BCUT2D eigenvalue weighted by Gasteiger charge is 2.11. The van der Waals surface area contributed by atoms with Crippen molar-refractivity contribution in [2.24, 2.45) is 0 Å². The summed E-state index contributed by atoms with van der Waals surface area (Å²) in [5, 5.41) is 3.79. The van der Waals surface area contributed by atoms with Crippen LogP contribution in [0.1, 0.15) is 25.3 Å². The predicted molar refractivity (Wildman–Crippen MR) is 49.1 cm³/mol. The molecule has 1 unspecified atom stereocenters. The van der Waals surface area contributed by atoms with Gasteiger partial charge in [-0.05, 0) is 6.92 Å². The summed E-state index contributed by atoms with van der Waals surface area (Å²) in [6.07, 6.45) is 3.25. The van der Waals surface area contributed by atoms with E-state index in [-0.39, 0.29) is 5.92 Å². The van der Waals surface area contributed by atoms with Gasteiger partial charge in [-0.3, -0.25) is 0 Å². The van der Waals surface area contributed by atoms with E-state index in [2.05, 4.69) is 5.10 Å². The summed E-state index contributed by atoms with van der Waals surface area (Å²) in [4.78, 5) is 21.6. The first-order valence-corrected chi connectivity index (χ1v) is 4.36. The summed E-state index contributed by atoms with van der Waals surface area (Å²) in [5.74, 6) is -0.252. The first-order valence-electron chi connectivity index (χ1n) is 4.36. The van der Waals surface area contributed by atoms with Gasteiger partial charge in [-0.1, -0.05) is 6.92 Å². The Hall–Kier alpha value is -1.65. The van der Waals surface area contributed by atoms with Crippen molar-refractivity contribution in [3.63, 3.8) is 0 Å². The summed E-state index contributed by atoms with van der Waals surface area (Å²) >= 11 is 0. The van der Waals surface area contributed by atoms with Crippen molar-refractivity contribution in [2.45, 2.75) is 19.8 Å². The smallest absolute Gasteiger partial charge is 0.434 e. The molecule has 0 radical (unpaired) electrons. The Balaban J connectivity index is 2.77. The molecule has 1 atom stereocenters. The van der Waals surface area contributed by atoms with E-state index in [0.717, 1.165) is 11.0 Å². The maximum atomic E-state index is 11.2. The third kappa shape index (κ3) is 2.18. The summed E-state index contributed by atoms with van der Waals surface area (Å²) in [6, 6.07) is 0. The second-order valence-corrected chi connectivity index (χ2v) is 2.84. The number of hydrogen-bond acceptors (Lipinski definition) is 4. The highest BCUT2D eigenvalue weighted by molar-refractivity contribution is 5.70. The van der Waals surface area contributed by atoms with Gasteiger partial charge in [0.2, 0.25) is 0 Å². The molecule has 76 valence electrons. The van der Waals surface area contributed by atoms with Gasteiger partial charge in [-0.15, -0.1) is 0 Å². The lowest BCUT2D eigenvalue weighted by molar-refractivity contribution is -0.108. The van der Waals surface area contributed by atoms with Crippen LogP contribution in [0.15, 0.2) is 12.4 Å². The number of nitrogens with zero attached hydrogens (tertiary/aromatic N) is 2. The Labute approximate surface area is 81.7 Å². The molecular weight excluding hydrogens is 184 g/mol. The van der Waals surface area contributed by atoms with Gasteiger partial charge in [0.15, 0.2) is 0 Å². The van der Waals surface area contributed by atoms with E-state index in [1.165, 1.54) is 12.4 Å². The zero-order valence-electron chi connectivity index (χ0n) is 8.14. The van der Waals surface area contributed by atoms with Gasteiger partial charge in [0, 0.05) is 17.7 Å². The molecule has 1 aromatic rings. The second-order valence-electron chi connectivity index (χ2n) is 2.84. The number of aromatic nitrogens is 2. The molecule has 0 saturated carbocycles. The minimum Gasteiger partial charge on any atom is -0.448 e. The van der Waals surface area contributed by atoms with Crippen LogP contribution in [0.3, 0.4) is 0 Å². The number of aldehydes is 1. The molecule has 0 bridgehead atoms. The molecule has 0 N–H and O–H groups in total. The molecule has 5 nitrogen and oxygen atoms in total. The highest BCUT2D eigenvalue weighted by atomic mass is 16.5. The molecular formula is C9H12N2O3. The molecule has 0 amide bonds. The van der Waals surface area contributed by atoms with Crippen molar-refractivity contribution in [1.82, 2.24) is 9.78 Å². The molecule has 0 saturated heterocycles. The second kappa shape index (κ2) is 4.55. The van der Waals surface area contributed by atoms with E-state index in [1.54, 1.807) is 13.8 Å². The van der Waals surface area contributed by atoms with Gasteiger partial charge < -0.3 is 9.53 Å². The summed E-state index contributed by atoms with van der Waals surface area (Å²) < 4.78 is 5.81. The Morgan fingerprint density at radius 1 is 1.79 bits per heavy atom. The van der Waals surface area contributed by atoms with Crippen molar-refractivity contribution < 1.29 is 14.3 Å². The van der Waals surface area contributed by atoms with Crippen molar-refractivity contribution >= 4 is 12.4 Å². The van der Waals surface area contributed by atoms with Gasteiger partial charge in [-0.2, -0.15) is 9.78 Å². The average Bonchev–Trinajstić information content (AvgIpc) is 2.66. The molecule has 5 heteroatoms. The number of hydrogen-bond donors (Lipinski definition) is 0. The van der Waals surface area contributed by atoms with E-state index in [4.69, 9.17) is 4.74 Å². The zero-order valence-corrected chi connectivity index (χ0v) is 8.14. The minimum atomic E-state index is -0.531.